The molecule has 98 valence electrons. The summed E-state index contributed by atoms with van der Waals surface area (Å²) in [4.78, 5) is 11.5. The van der Waals surface area contributed by atoms with Crippen LogP contribution in [0.1, 0.15) is 25.8 Å². The number of hydrogen-bond donors (Lipinski definition) is 2. The third-order valence-electron chi connectivity index (χ3n) is 2.38. The van der Waals surface area contributed by atoms with Gasteiger partial charge in [0.25, 0.3) is 0 Å². The summed E-state index contributed by atoms with van der Waals surface area (Å²) in [5, 5.41) is 10.3. The first-order valence-electron chi connectivity index (χ1n) is 5.73. The van der Waals surface area contributed by atoms with E-state index < -0.39 is 0 Å². The standard InChI is InChI=1S/C12H20N2OS.ClH/c1-3-13-10(2)8-14-12(15)5-4-11-6-7-16-9-11;/h6-7,9-10,13H,3-5,8H2,1-2H3,(H,14,15);1H/t10-;/m1./s1. The molecule has 0 saturated heterocycles. The smallest absolute Gasteiger partial charge is 0.220 e. The van der Waals surface area contributed by atoms with E-state index in [4.69, 9.17) is 0 Å². The first kappa shape index (κ1) is 16.4. The Morgan fingerprint density at radius 1 is 1.53 bits per heavy atom. The van der Waals surface area contributed by atoms with E-state index in [0.29, 0.717) is 19.0 Å². The van der Waals surface area contributed by atoms with Crippen molar-refractivity contribution >= 4 is 29.7 Å². The van der Waals surface area contributed by atoms with Crippen LogP contribution in [0.4, 0.5) is 0 Å². The summed E-state index contributed by atoms with van der Waals surface area (Å²) in [6.07, 6.45) is 1.42. The summed E-state index contributed by atoms with van der Waals surface area (Å²) in [5.74, 6) is 0.135. The minimum Gasteiger partial charge on any atom is -0.355 e. The number of nitrogens with one attached hydrogen (secondary N) is 2. The number of halogens is 1. The maximum atomic E-state index is 11.5. The zero-order chi connectivity index (χ0) is 11.8. The van der Waals surface area contributed by atoms with Gasteiger partial charge in [0.15, 0.2) is 0 Å². The Morgan fingerprint density at radius 2 is 2.29 bits per heavy atom. The quantitative estimate of drug-likeness (QED) is 0.802. The van der Waals surface area contributed by atoms with Gasteiger partial charge in [-0.05, 0) is 42.3 Å². The van der Waals surface area contributed by atoms with Gasteiger partial charge in [-0.15, -0.1) is 12.4 Å². The van der Waals surface area contributed by atoms with Crippen LogP contribution in [0.5, 0.6) is 0 Å². The van der Waals surface area contributed by atoms with E-state index in [-0.39, 0.29) is 18.3 Å². The summed E-state index contributed by atoms with van der Waals surface area (Å²) >= 11 is 1.67. The molecule has 1 atom stereocenters. The van der Waals surface area contributed by atoms with E-state index in [2.05, 4.69) is 35.9 Å². The van der Waals surface area contributed by atoms with Crippen LogP contribution in [0.2, 0.25) is 0 Å². The number of hydrogen-bond acceptors (Lipinski definition) is 3. The SMILES string of the molecule is CCN[C@H](C)CNC(=O)CCc1ccsc1.Cl. The Balaban J connectivity index is 0.00000256. The first-order chi connectivity index (χ1) is 7.72. The Bertz CT molecular complexity index is 303. The molecule has 0 saturated carbocycles. The fraction of sp³-hybridized carbons (Fsp3) is 0.583. The number of carbonyl (C=O) groups is 1. The van der Waals surface area contributed by atoms with Crippen LogP contribution >= 0.6 is 23.7 Å². The van der Waals surface area contributed by atoms with Crippen molar-refractivity contribution in [1.82, 2.24) is 10.6 Å². The van der Waals surface area contributed by atoms with E-state index in [9.17, 15) is 4.79 Å². The Kier molecular flexibility index (Phi) is 9.13. The largest absolute Gasteiger partial charge is 0.355 e. The molecule has 0 aromatic carbocycles. The molecule has 0 aliphatic heterocycles. The van der Waals surface area contributed by atoms with Gasteiger partial charge in [0.05, 0.1) is 0 Å². The van der Waals surface area contributed by atoms with E-state index in [1.165, 1.54) is 5.56 Å². The van der Waals surface area contributed by atoms with Gasteiger partial charge in [-0.25, -0.2) is 0 Å². The van der Waals surface area contributed by atoms with Crippen molar-refractivity contribution in [2.45, 2.75) is 32.7 Å². The van der Waals surface area contributed by atoms with E-state index in [1.807, 2.05) is 5.38 Å². The molecule has 5 heteroatoms. The summed E-state index contributed by atoms with van der Waals surface area (Å²) in [6.45, 7) is 5.78. The third kappa shape index (κ3) is 7.36. The molecular weight excluding hydrogens is 256 g/mol. The molecule has 0 radical (unpaired) electrons. The Labute approximate surface area is 113 Å². The monoisotopic (exact) mass is 276 g/mol. The highest BCUT2D eigenvalue weighted by atomic mass is 35.5. The molecule has 0 aliphatic rings. The lowest BCUT2D eigenvalue weighted by molar-refractivity contribution is -0.121. The second-order valence-corrected chi connectivity index (χ2v) is 4.67. The zero-order valence-corrected chi connectivity index (χ0v) is 12.0. The van der Waals surface area contributed by atoms with Crippen molar-refractivity contribution in [3.05, 3.63) is 22.4 Å². The molecule has 1 aromatic rings. The molecule has 1 heterocycles. The lowest BCUT2D eigenvalue weighted by Crippen LogP contribution is -2.38. The van der Waals surface area contributed by atoms with Crippen molar-refractivity contribution in [3.8, 4) is 0 Å². The lowest BCUT2D eigenvalue weighted by Gasteiger charge is -2.12. The summed E-state index contributed by atoms with van der Waals surface area (Å²) in [6, 6.07) is 2.41. The van der Waals surface area contributed by atoms with Crippen molar-refractivity contribution in [2.24, 2.45) is 0 Å². The molecule has 3 nitrogen and oxygen atoms in total. The summed E-state index contributed by atoms with van der Waals surface area (Å²) in [5.41, 5.74) is 1.25. The number of amides is 1. The van der Waals surface area contributed by atoms with Gasteiger partial charge < -0.3 is 10.6 Å². The van der Waals surface area contributed by atoms with Crippen molar-refractivity contribution in [2.75, 3.05) is 13.1 Å². The highest BCUT2D eigenvalue weighted by Crippen LogP contribution is 2.07. The van der Waals surface area contributed by atoms with Gasteiger partial charge in [0.1, 0.15) is 0 Å². The maximum absolute atomic E-state index is 11.5. The molecule has 17 heavy (non-hydrogen) atoms. The van der Waals surface area contributed by atoms with E-state index >= 15 is 0 Å². The van der Waals surface area contributed by atoms with Crippen LogP contribution in [0.15, 0.2) is 16.8 Å². The van der Waals surface area contributed by atoms with Crippen LogP contribution in [0.3, 0.4) is 0 Å². The van der Waals surface area contributed by atoms with Crippen LogP contribution in [0.25, 0.3) is 0 Å². The number of carbonyl (C=O) groups excluding carboxylic acids is 1. The molecule has 0 fully saturated rings. The predicted molar refractivity (Wildman–Crippen MR) is 76.0 cm³/mol. The average Bonchev–Trinajstić information content (AvgIpc) is 2.77. The molecule has 1 aromatic heterocycles. The van der Waals surface area contributed by atoms with Gasteiger partial charge in [0, 0.05) is 19.0 Å². The van der Waals surface area contributed by atoms with Gasteiger partial charge in [-0.2, -0.15) is 11.3 Å². The fourth-order valence-electron chi connectivity index (χ4n) is 1.47. The molecule has 0 spiro atoms. The number of thiophene rings is 1. The first-order valence-corrected chi connectivity index (χ1v) is 6.67. The molecule has 0 bridgehead atoms. The number of aryl methyl sites for hydroxylation is 1. The van der Waals surface area contributed by atoms with Gasteiger partial charge >= 0.3 is 0 Å². The highest BCUT2D eigenvalue weighted by Gasteiger charge is 2.04. The minimum atomic E-state index is 0. The van der Waals surface area contributed by atoms with Gasteiger partial charge in [-0.1, -0.05) is 6.92 Å². The topological polar surface area (TPSA) is 41.1 Å². The minimum absolute atomic E-state index is 0. The second kappa shape index (κ2) is 9.45. The van der Waals surface area contributed by atoms with Crippen LogP contribution in [-0.2, 0) is 11.2 Å². The van der Waals surface area contributed by atoms with Crippen LogP contribution < -0.4 is 10.6 Å². The fourth-order valence-corrected chi connectivity index (χ4v) is 2.17. The number of likely N-dealkylation sites (N-methyl/N-ethyl adjacent to an activating group) is 1. The molecular formula is C12H21ClN2OS. The van der Waals surface area contributed by atoms with Crippen molar-refractivity contribution in [1.29, 1.82) is 0 Å². The Hall–Kier alpha value is -0.580. The van der Waals surface area contributed by atoms with Gasteiger partial charge in [0.2, 0.25) is 5.91 Å². The molecule has 2 N–H and O–H groups in total. The molecule has 1 amide bonds. The summed E-state index contributed by atoms with van der Waals surface area (Å²) in [7, 11) is 0. The third-order valence-corrected chi connectivity index (χ3v) is 3.11. The van der Waals surface area contributed by atoms with Crippen LogP contribution in [-0.4, -0.2) is 25.0 Å². The second-order valence-electron chi connectivity index (χ2n) is 3.89. The molecule has 1 rings (SSSR count). The normalized spacial score (nSPS) is 11.6. The summed E-state index contributed by atoms with van der Waals surface area (Å²) < 4.78 is 0. The zero-order valence-electron chi connectivity index (χ0n) is 10.4. The number of rotatable bonds is 7. The van der Waals surface area contributed by atoms with E-state index in [0.717, 1.165) is 13.0 Å². The van der Waals surface area contributed by atoms with Crippen molar-refractivity contribution < 1.29 is 4.79 Å². The molecule has 0 aliphatic carbocycles. The van der Waals surface area contributed by atoms with Crippen LogP contribution in [0, 0.1) is 0 Å². The maximum Gasteiger partial charge on any atom is 0.220 e. The van der Waals surface area contributed by atoms with E-state index in [1.54, 1.807) is 11.3 Å². The average molecular weight is 277 g/mol. The molecule has 0 unspecified atom stereocenters. The van der Waals surface area contributed by atoms with Crippen molar-refractivity contribution in [3.63, 3.8) is 0 Å². The lowest BCUT2D eigenvalue weighted by atomic mass is 10.2. The predicted octanol–water partition coefficient (Wildman–Crippen LogP) is 2.22. The van der Waals surface area contributed by atoms with Gasteiger partial charge in [-0.3, -0.25) is 4.79 Å². The Morgan fingerprint density at radius 3 is 2.88 bits per heavy atom. The highest BCUT2D eigenvalue weighted by molar-refractivity contribution is 7.07.